The Hall–Kier alpha value is -1.35. The smallest absolute Gasteiger partial charge is 0.261 e. The molecule has 1 amide bonds. The number of hydrogen-bond donors (Lipinski definition) is 2. The average Bonchev–Trinajstić information content (AvgIpc) is 2.68. The second kappa shape index (κ2) is 7.07. The van der Waals surface area contributed by atoms with Crippen molar-refractivity contribution in [3.8, 4) is 11.8 Å². The summed E-state index contributed by atoms with van der Waals surface area (Å²) < 4.78 is 4.86. The number of thiophene rings is 1. The molecule has 0 bridgehead atoms. The molecule has 1 rings (SSSR count). The van der Waals surface area contributed by atoms with Gasteiger partial charge in [0.2, 0.25) is 0 Å². The van der Waals surface area contributed by atoms with Crippen molar-refractivity contribution in [2.24, 2.45) is 5.73 Å². The summed E-state index contributed by atoms with van der Waals surface area (Å²) in [6, 6.07) is 1.84. The summed E-state index contributed by atoms with van der Waals surface area (Å²) in [4.78, 5) is 13.3. The Kier molecular flexibility index (Phi) is 5.70. The summed E-state index contributed by atoms with van der Waals surface area (Å²) >= 11 is 1.38. The fraction of sp³-hybridized carbons (Fsp3) is 0.417. The van der Waals surface area contributed by atoms with Crippen molar-refractivity contribution in [2.75, 3.05) is 26.8 Å². The van der Waals surface area contributed by atoms with E-state index in [0.29, 0.717) is 24.6 Å². The highest BCUT2D eigenvalue weighted by Gasteiger charge is 2.10. The van der Waals surface area contributed by atoms with Gasteiger partial charge in [-0.2, -0.15) is 0 Å². The van der Waals surface area contributed by atoms with Crippen LogP contribution in [-0.4, -0.2) is 32.7 Å². The van der Waals surface area contributed by atoms with Crippen LogP contribution in [0, 0.1) is 18.8 Å². The zero-order valence-electron chi connectivity index (χ0n) is 10.0. The molecule has 0 unspecified atom stereocenters. The van der Waals surface area contributed by atoms with E-state index in [4.69, 9.17) is 10.5 Å². The van der Waals surface area contributed by atoms with Crippen molar-refractivity contribution < 1.29 is 9.53 Å². The molecule has 0 aliphatic carbocycles. The summed E-state index contributed by atoms with van der Waals surface area (Å²) in [7, 11) is 1.60. The molecule has 5 heteroatoms. The molecule has 0 atom stereocenters. The van der Waals surface area contributed by atoms with E-state index >= 15 is 0 Å². The molecule has 1 heterocycles. The van der Waals surface area contributed by atoms with Gasteiger partial charge < -0.3 is 15.8 Å². The predicted molar refractivity (Wildman–Crippen MR) is 69.2 cm³/mol. The first-order chi connectivity index (χ1) is 8.19. The quantitative estimate of drug-likeness (QED) is 0.614. The Morgan fingerprint density at radius 1 is 1.65 bits per heavy atom. The number of aryl methyl sites for hydroxylation is 1. The summed E-state index contributed by atoms with van der Waals surface area (Å²) in [5, 5.41) is 2.77. The molecular weight excluding hydrogens is 236 g/mol. The van der Waals surface area contributed by atoms with Crippen molar-refractivity contribution in [3.63, 3.8) is 0 Å². The van der Waals surface area contributed by atoms with E-state index < -0.39 is 0 Å². The Morgan fingerprint density at radius 2 is 2.41 bits per heavy atom. The summed E-state index contributed by atoms with van der Waals surface area (Å²) in [5.41, 5.74) is 6.32. The largest absolute Gasteiger partial charge is 0.383 e. The average molecular weight is 252 g/mol. The van der Waals surface area contributed by atoms with E-state index in [1.807, 2.05) is 13.0 Å². The van der Waals surface area contributed by atoms with Crippen LogP contribution >= 0.6 is 11.3 Å². The van der Waals surface area contributed by atoms with Crippen LogP contribution in [0.15, 0.2) is 6.07 Å². The number of carbonyl (C=O) groups is 1. The standard InChI is InChI=1S/C12H16N2O2S/c1-9-8-11(12(15)14-6-7-16-2)17-10(9)4-3-5-13/h8H,5-7,13H2,1-2H3,(H,14,15). The van der Waals surface area contributed by atoms with Crippen LogP contribution < -0.4 is 11.1 Å². The van der Waals surface area contributed by atoms with Crippen LogP contribution in [0.3, 0.4) is 0 Å². The summed E-state index contributed by atoms with van der Waals surface area (Å²) in [6.07, 6.45) is 0. The van der Waals surface area contributed by atoms with Gasteiger partial charge in [-0.15, -0.1) is 11.3 Å². The monoisotopic (exact) mass is 252 g/mol. The second-order valence-corrected chi connectivity index (χ2v) is 4.43. The van der Waals surface area contributed by atoms with Gasteiger partial charge in [-0.3, -0.25) is 4.79 Å². The molecule has 17 heavy (non-hydrogen) atoms. The fourth-order valence-corrected chi connectivity index (χ4v) is 2.17. The SMILES string of the molecule is COCCNC(=O)c1cc(C)c(C#CCN)s1. The van der Waals surface area contributed by atoms with Gasteiger partial charge in [0.05, 0.1) is 22.9 Å². The number of methoxy groups -OCH3 is 1. The summed E-state index contributed by atoms with van der Waals surface area (Å²) in [6.45, 7) is 3.28. The molecule has 0 radical (unpaired) electrons. The Labute approximate surface area is 105 Å². The Bertz CT molecular complexity index is 443. The lowest BCUT2D eigenvalue weighted by molar-refractivity contribution is 0.0941. The zero-order valence-corrected chi connectivity index (χ0v) is 10.8. The van der Waals surface area contributed by atoms with Crippen LogP contribution in [-0.2, 0) is 4.74 Å². The molecular formula is C12H16N2O2S. The molecule has 3 N–H and O–H groups in total. The number of rotatable bonds is 4. The second-order valence-electron chi connectivity index (χ2n) is 3.38. The van der Waals surface area contributed by atoms with E-state index in [1.54, 1.807) is 7.11 Å². The highest BCUT2D eigenvalue weighted by Crippen LogP contribution is 2.20. The van der Waals surface area contributed by atoms with Crippen molar-refractivity contribution in [2.45, 2.75) is 6.92 Å². The third kappa shape index (κ3) is 4.19. The minimum absolute atomic E-state index is 0.0871. The van der Waals surface area contributed by atoms with Crippen molar-refractivity contribution in [1.82, 2.24) is 5.32 Å². The molecule has 1 aromatic rings. The van der Waals surface area contributed by atoms with Gasteiger partial charge in [-0.25, -0.2) is 0 Å². The Balaban J connectivity index is 2.68. The summed E-state index contributed by atoms with van der Waals surface area (Å²) in [5.74, 6) is 5.65. The number of nitrogens with one attached hydrogen (secondary N) is 1. The number of carbonyl (C=O) groups excluding carboxylic acids is 1. The highest BCUT2D eigenvalue weighted by molar-refractivity contribution is 7.14. The molecule has 0 aliphatic heterocycles. The molecule has 0 aromatic carbocycles. The minimum atomic E-state index is -0.0871. The van der Waals surface area contributed by atoms with Crippen molar-refractivity contribution in [3.05, 3.63) is 21.4 Å². The topological polar surface area (TPSA) is 64.3 Å². The third-order valence-corrected chi connectivity index (χ3v) is 3.19. The van der Waals surface area contributed by atoms with E-state index in [2.05, 4.69) is 17.2 Å². The van der Waals surface area contributed by atoms with E-state index in [9.17, 15) is 4.79 Å². The maximum absolute atomic E-state index is 11.7. The van der Waals surface area contributed by atoms with Gasteiger partial charge in [-0.05, 0) is 18.6 Å². The van der Waals surface area contributed by atoms with Gasteiger partial charge in [-0.1, -0.05) is 11.8 Å². The molecule has 1 aromatic heterocycles. The third-order valence-electron chi connectivity index (χ3n) is 2.04. The van der Waals surface area contributed by atoms with E-state index in [0.717, 1.165) is 10.4 Å². The first-order valence-corrected chi connectivity index (χ1v) is 6.07. The molecule has 0 saturated heterocycles. The van der Waals surface area contributed by atoms with Gasteiger partial charge in [0.15, 0.2) is 0 Å². The zero-order chi connectivity index (χ0) is 12.7. The van der Waals surface area contributed by atoms with Gasteiger partial charge in [0, 0.05) is 13.7 Å². The van der Waals surface area contributed by atoms with Gasteiger partial charge in [0.25, 0.3) is 5.91 Å². The normalized spacial score (nSPS) is 9.59. The lowest BCUT2D eigenvalue weighted by Crippen LogP contribution is -2.26. The number of hydrogen-bond acceptors (Lipinski definition) is 4. The molecule has 0 saturated carbocycles. The van der Waals surface area contributed by atoms with Crippen LogP contribution in [0.2, 0.25) is 0 Å². The number of amides is 1. The van der Waals surface area contributed by atoms with Crippen LogP contribution in [0.1, 0.15) is 20.1 Å². The molecule has 4 nitrogen and oxygen atoms in total. The van der Waals surface area contributed by atoms with Crippen LogP contribution in [0.4, 0.5) is 0 Å². The fourth-order valence-electron chi connectivity index (χ4n) is 1.20. The first-order valence-electron chi connectivity index (χ1n) is 5.25. The maximum atomic E-state index is 11.7. The highest BCUT2D eigenvalue weighted by atomic mass is 32.1. The number of nitrogens with two attached hydrogens (primary N) is 1. The van der Waals surface area contributed by atoms with E-state index in [-0.39, 0.29) is 5.91 Å². The molecule has 0 spiro atoms. The molecule has 0 fully saturated rings. The van der Waals surface area contributed by atoms with Gasteiger partial charge in [0.1, 0.15) is 0 Å². The number of ether oxygens (including phenoxy) is 1. The lowest BCUT2D eigenvalue weighted by Gasteiger charge is -2.01. The van der Waals surface area contributed by atoms with Gasteiger partial charge >= 0.3 is 0 Å². The maximum Gasteiger partial charge on any atom is 0.261 e. The van der Waals surface area contributed by atoms with Crippen molar-refractivity contribution >= 4 is 17.2 Å². The molecule has 92 valence electrons. The van der Waals surface area contributed by atoms with Crippen molar-refractivity contribution in [1.29, 1.82) is 0 Å². The molecule has 0 aliphatic rings. The van der Waals surface area contributed by atoms with E-state index in [1.165, 1.54) is 11.3 Å². The lowest BCUT2D eigenvalue weighted by atomic mass is 10.2. The van der Waals surface area contributed by atoms with Crippen LogP contribution in [0.5, 0.6) is 0 Å². The predicted octanol–water partition coefficient (Wildman–Crippen LogP) is 0.743. The minimum Gasteiger partial charge on any atom is -0.383 e. The van der Waals surface area contributed by atoms with Crippen LogP contribution in [0.25, 0.3) is 0 Å². The first kappa shape index (κ1) is 13.7. The Morgan fingerprint density at radius 3 is 3.06 bits per heavy atom.